The highest BCUT2D eigenvalue weighted by Crippen LogP contribution is 2.34. The van der Waals surface area contributed by atoms with Gasteiger partial charge in [0.25, 0.3) is 5.91 Å². The summed E-state index contributed by atoms with van der Waals surface area (Å²) < 4.78 is 35.1. The number of primary amides is 1. The molecule has 0 radical (unpaired) electrons. The number of hydrogen-bond acceptors (Lipinski definition) is 3. The van der Waals surface area contributed by atoms with Gasteiger partial charge in [-0.3, -0.25) is 4.79 Å². The molecule has 1 saturated heterocycles. The van der Waals surface area contributed by atoms with Crippen LogP contribution in [0, 0.1) is 18.6 Å². The Labute approximate surface area is 174 Å². The first-order valence-electron chi connectivity index (χ1n) is 10.2. The van der Waals surface area contributed by atoms with Crippen molar-refractivity contribution in [1.29, 1.82) is 0 Å². The van der Waals surface area contributed by atoms with E-state index in [2.05, 4.69) is 5.10 Å². The number of halogens is 2. The largest absolute Gasteiger partial charge is 0.381 e. The van der Waals surface area contributed by atoms with E-state index in [0.29, 0.717) is 28.0 Å². The number of hydrogen-bond donors (Lipinski definition) is 1. The third-order valence-electron chi connectivity index (χ3n) is 5.11. The Morgan fingerprint density at radius 1 is 1.07 bits per heavy atom. The van der Waals surface area contributed by atoms with Crippen molar-refractivity contribution in [3.63, 3.8) is 0 Å². The van der Waals surface area contributed by atoms with Crippen LogP contribution in [0.2, 0.25) is 0 Å². The van der Waals surface area contributed by atoms with Crippen LogP contribution in [0.5, 0.6) is 0 Å². The normalized spacial score (nSPS) is 13.9. The number of nitrogens with two attached hydrogens (primary N) is 1. The predicted octanol–water partition coefficient (Wildman–Crippen LogP) is 5.00. The Morgan fingerprint density at radius 2 is 1.70 bits per heavy atom. The Hall–Kier alpha value is -2.80. The molecule has 30 heavy (non-hydrogen) atoms. The van der Waals surface area contributed by atoms with Gasteiger partial charge in [0, 0.05) is 18.8 Å². The van der Waals surface area contributed by atoms with Gasteiger partial charge in [0.15, 0.2) is 0 Å². The van der Waals surface area contributed by atoms with Gasteiger partial charge in [-0.2, -0.15) is 5.10 Å². The molecule has 2 N–H and O–H groups in total. The zero-order valence-electron chi connectivity index (χ0n) is 17.5. The van der Waals surface area contributed by atoms with Crippen molar-refractivity contribution in [2.45, 2.75) is 46.0 Å². The number of aromatic nitrogens is 2. The topological polar surface area (TPSA) is 69.6 Å². The second-order valence-electron chi connectivity index (χ2n) is 7.68. The second-order valence-corrected chi connectivity index (χ2v) is 7.68. The van der Waals surface area contributed by atoms with Gasteiger partial charge < -0.3 is 10.5 Å². The second kappa shape index (κ2) is 9.34. The van der Waals surface area contributed by atoms with Crippen LogP contribution >= 0.6 is 0 Å². The third-order valence-corrected chi connectivity index (χ3v) is 5.11. The molecule has 1 fully saturated rings. The summed E-state index contributed by atoms with van der Waals surface area (Å²) in [5, 5.41) is 4.41. The maximum Gasteiger partial charge on any atom is 0.250 e. The van der Waals surface area contributed by atoms with Crippen molar-refractivity contribution < 1.29 is 18.3 Å². The van der Waals surface area contributed by atoms with Gasteiger partial charge in [-0.05, 0) is 56.4 Å². The summed E-state index contributed by atoms with van der Waals surface area (Å²) in [6.07, 6.45) is 3.93. The highest BCUT2D eigenvalue weighted by molar-refractivity contribution is 5.95. The van der Waals surface area contributed by atoms with Crippen LogP contribution in [0.3, 0.4) is 0 Å². The van der Waals surface area contributed by atoms with E-state index in [-0.39, 0.29) is 11.5 Å². The molecular formula is C23H27F2N3O2. The minimum absolute atomic E-state index is 0.0474. The first kappa shape index (κ1) is 21.9. The molecule has 160 valence electrons. The molecule has 1 aliphatic rings. The summed E-state index contributed by atoms with van der Waals surface area (Å²) in [5.74, 6) is -1.92. The first-order chi connectivity index (χ1) is 14.3. The molecule has 0 atom stereocenters. The van der Waals surface area contributed by atoms with Crippen molar-refractivity contribution in [3.05, 3.63) is 58.9 Å². The van der Waals surface area contributed by atoms with Gasteiger partial charge in [0.1, 0.15) is 11.6 Å². The molecule has 3 heterocycles. The molecule has 1 amide bonds. The number of carbonyl (C=O) groups is 1. The lowest BCUT2D eigenvalue weighted by molar-refractivity contribution is 0.0968. The van der Waals surface area contributed by atoms with Crippen LogP contribution in [-0.4, -0.2) is 28.7 Å². The lowest BCUT2D eigenvalue weighted by Crippen LogP contribution is -2.17. The minimum Gasteiger partial charge on any atom is -0.381 e. The quantitative estimate of drug-likeness (QED) is 0.655. The Morgan fingerprint density at radius 3 is 2.17 bits per heavy atom. The molecular weight excluding hydrogens is 388 g/mol. The van der Waals surface area contributed by atoms with Crippen LogP contribution in [-0.2, 0) is 4.74 Å². The highest BCUT2D eigenvalue weighted by atomic mass is 19.1. The molecule has 4 rings (SSSR count). The monoisotopic (exact) mass is 415 g/mol. The van der Waals surface area contributed by atoms with Gasteiger partial charge in [-0.15, -0.1) is 0 Å². The van der Waals surface area contributed by atoms with Crippen LogP contribution in [0.4, 0.5) is 8.78 Å². The molecule has 0 unspecified atom stereocenters. The summed E-state index contributed by atoms with van der Waals surface area (Å²) in [6, 6.07) is 6.94. The van der Waals surface area contributed by atoms with Gasteiger partial charge in [-0.25, -0.2) is 13.3 Å². The number of aryl methyl sites for hydroxylation is 1. The summed E-state index contributed by atoms with van der Waals surface area (Å²) in [6.45, 7) is 7.49. The molecule has 3 aromatic rings. The van der Waals surface area contributed by atoms with E-state index in [4.69, 9.17) is 10.5 Å². The summed E-state index contributed by atoms with van der Waals surface area (Å²) >= 11 is 0. The van der Waals surface area contributed by atoms with Crippen molar-refractivity contribution in [1.82, 2.24) is 9.61 Å². The number of fused-ring (bicyclic) bond motifs is 1. The van der Waals surface area contributed by atoms with Gasteiger partial charge in [-0.1, -0.05) is 19.9 Å². The lowest BCUT2D eigenvalue weighted by atomic mass is 10.00. The first-order valence-corrected chi connectivity index (χ1v) is 10.2. The zero-order chi connectivity index (χ0) is 21.8. The van der Waals surface area contributed by atoms with E-state index in [1.165, 1.54) is 37.5 Å². The highest BCUT2D eigenvalue weighted by Gasteiger charge is 2.23. The fourth-order valence-electron chi connectivity index (χ4n) is 3.74. The minimum atomic E-state index is -0.655. The maximum absolute atomic E-state index is 14.2. The molecule has 7 heteroatoms. The van der Waals surface area contributed by atoms with Gasteiger partial charge >= 0.3 is 0 Å². The van der Waals surface area contributed by atoms with E-state index in [1.807, 2.05) is 13.8 Å². The van der Waals surface area contributed by atoms with E-state index in [0.717, 1.165) is 13.2 Å². The van der Waals surface area contributed by atoms with Gasteiger partial charge in [0.2, 0.25) is 0 Å². The lowest BCUT2D eigenvalue weighted by Gasteiger charge is -2.13. The van der Waals surface area contributed by atoms with E-state index in [1.54, 1.807) is 23.6 Å². The van der Waals surface area contributed by atoms with Crippen molar-refractivity contribution in [3.8, 4) is 11.1 Å². The van der Waals surface area contributed by atoms with Crippen molar-refractivity contribution in [2.75, 3.05) is 13.2 Å². The number of pyridine rings is 1. The molecule has 2 aromatic heterocycles. The summed E-state index contributed by atoms with van der Waals surface area (Å²) in [7, 11) is 0. The molecule has 0 saturated carbocycles. The molecule has 0 aliphatic carbocycles. The molecule has 1 aromatic carbocycles. The van der Waals surface area contributed by atoms with Crippen molar-refractivity contribution in [2.24, 2.45) is 5.73 Å². The predicted molar refractivity (Wildman–Crippen MR) is 113 cm³/mol. The van der Waals surface area contributed by atoms with Crippen LogP contribution in [0.15, 0.2) is 30.3 Å². The SMILES string of the molecule is C1CCOCC1.Cc1nn2c(C(C)C)c(C(N)=O)ccc2c1-c1c(F)cccc1F. The third kappa shape index (κ3) is 4.36. The molecule has 5 nitrogen and oxygen atoms in total. The summed E-state index contributed by atoms with van der Waals surface area (Å²) in [4.78, 5) is 11.7. The molecule has 0 bridgehead atoms. The zero-order valence-corrected chi connectivity index (χ0v) is 17.5. The van der Waals surface area contributed by atoms with Crippen molar-refractivity contribution >= 4 is 11.4 Å². The Kier molecular flexibility index (Phi) is 6.82. The average molecular weight is 415 g/mol. The maximum atomic E-state index is 14.2. The summed E-state index contributed by atoms with van der Waals surface area (Å²) in [5.41, 5.74) is 7.68. The number of benzene rings is 1. The van der Waals surface area contributed by atoms with E-state index >= 15 is 0 Å². The number of ether oxygens (including phenoxy) is 1. The smallest absolute Gasteiger partial charge is 0.250 e. The van der Waals surface area contributed by atoms with Crippen LogP contribution in [0.1, 0.15) is 60.8 Å². The standard InChI is InChI=1S/C18H17F2N3O.C5H10O/c1-9(2)17-11(18(21)24)7-8-14-15(10(3)22-23(14)17)16-12(19)5-4-6-13(16)20;1-2-4-6-5-3-1/h4-9H,1-3H3,(H2,21,24);1-5H2. The van der Waals surface area contributed by atoms with Crippen LogP contribution in [0.25, 0.3) is 16.6 Å². The fraction of sp³-hybridized carbons (Fsp3) is 0.391. The van der Waals surface area contributed by atoms with Gasteiger partial charge in [0.05, 0.1) is 28.0 Å². The average Bonchev–Trinajstić information content (AvgIpc) is 3.04. The Balaban J connectivity index is 0.000000367. The fourth-order valence-corrected chi connectivity index (χ4v) is 3.74. The Bertz CT molecular complexity index is 1020. The molecule has 1 aliphatic heterocycles. The number of rotatable bonds is 3. The number of nitrogens with zero attached hydrogens (tertiary/aromatic N) is 2. The molecule has 0 spiro atoms. The van der Waals surface area contributed by atoms with E-state index < -0.39 is 17.5 Å². The van der Waals surface area contributed by atoms with E-state index in [9.17, 15) is 13.6 Å². The number of amides is 1. The van der Waals surface area contributed by atoms with Crippen LogP contribution < -0.4 is 5.73 Å². The number of carbonyl (C=O) groups excluding carboxylic acids is 1.